The van der Waals surface area contributed by atoms with Gasteiger partial charge in [0.15, 0.2) is 0 Å². The third-order valence-corrected chi connectivity index (χ3v) is 3.47. The largest absolute Gasteiger partial charge is 0.495 e. The van der Waals surface area contributed by atoms with Crippen molar-refractivity contribution in [3.8, 4) is 17.0 Å². The standard InChI is InChI=1S/C15H17ClN2O3/c1-20-8-7-18-13(5-4-12(17)15(18)19)10-3-6-14(21-2)11(16)9-10/h3-6,9H,7-8,17H2,1-2H3. The Bertz CT molecular complexity index is 698. The number of nitrogen functional groups attached to an aromatic ring is 1. The van der Waals surface area contributed by atoms with Gasteiger partial charge in [0.1, 0.15) is 5.75 Å². The van der Waals surface area contributed by atoms with Crippen molar-refractivity contribution in [2.75, 3.05) is 26.6 Å². The summed E-state index contributed by atoms with van der Waals surface area (Å²) in [5, 5.41) is 0.484. The highest BCUT2D eigenvalue weighted by Crippen LogP contribution is 2.29. The summed E-state index contributed by atoms with van der Waals surface area (Å²) in [7, 11) is 3.14. The molecule has 0 amide bonds. The summed E-state index contributed by atoms with van der Waals surface area (Å²) in [6, 6.07) is 8.76. The van der Waals surface area contributed by atoms with Crippen molar-refractivity contribution in [3.05, 3.63) is 45.7 Å². The lowest BCUT2D eigenvalue weighted by atomic mass is 10.1. The van der Waals surface area contributed by atoms with Crippen molar-refractivity contribution >= 4 is 17.3 Å². The zero-order valence-electron chi connectivity index (χ0n) is 11.9. The molecule has 2 rings (SSSR count). The third kappa shape index (κ3) is 3.20. The van der Waals surface area contributed by atoms with Gasteiger partial charge in [-0.15, -0.1) is 0 Å². The molecule has 0 saturated carbocycles. The second-order valence-corrected chi connectivity index (χ2v) is 4.88. The molecule has 21 heavy (non-hydrogen) atoms. The molecule has 0 spiro atoms. The molecule has 2 N–H and O–H groups in total. The van der Waals surface area contributed by atoms with E-state index in [1.165, 1.54) is 0 Å². The first kappa shape index (κ1) is 15.4. The minimum Gasteiger partial charge on any atom is -0.495 e. The summed E-state index contributed by atoms with van der Waals surface area (Å²) < 4.78 is 11.8. The van der Waals surface area contributed by atoms with Crippen molar-refractivity contribution < 1.29 is 9.47 Å². The third-order valence-electron chi connectivity index (χ3n) is 3.17. The quantitative estimate of drug-likeness (QED) is 0.921. The van der Waals surface area contributed by atoms with Crippen LogP contribution >= 0.6 is 11.6 Å². The molecule has 5 nitrogen and oxygen atoms in total. The first-order valence-electron chi connectivity index (χ1n) is 6.40. The van der Waals surface area contributed by atoms with E-state index in [0.717, 1.165) is 11.3 Å². The van der Waals surface area contributed by atoms with E-state index in [9.17, 15) is 4.79 Å². The van der Waals surface area contributed by atoms with Crippen LogP contribution in [-0.4, -0.2) is 25.4 Å². The average molecular weight is 309 g/mol. The van der Waals surface area contributed by atoms with Crippen molar-refractivity contribution in [2.45, 2.75) is 6.54 Å². The van der Waals surface area contributed by atoms with E-state index >= 15 is 0 Å². The highest BCUT2D eigenvalue weighted by Gasteiger charge is 2.11. The van der Waals surface area contributed by atoms with Crippen LogP contribution in [0.3, 0.4) is 0 Å². The number of methoxy groups -OCH3 is 2. The maximum atomic E-state index is 12.2. The smallest absolute Gasteiger partial charge is 0.274 e. The maximum Gasteiger partial charge on any atom is 0.274 e. The lowest BCUT2D eigenvalue weighted by Crippen LogP contribution is -2.25. The molecule has 0 unspecified atom stereocenters. The number of halogens is 1. The summed E-state index contributed by atoms with van der Waals surface area (Å²) >= 11 is 6.15. The highest BCUT2D eigenvalue weighted by molar-refractivity contribution is 6.32. The predicted octanol–water partition coefficient (Wildman–Crippen LogP) is 2.41. The molecule has 6 heteroatoms. The van der Waals surface area contributed by atoms with Crippen molar-refractivity contribution in [2.24, 2.45) is 0 Å². The SMILES string of the molecule is COCCn1c(-c2ccc(OC)c(Cl)c2)ccc(N)c1=O. The Labute approximate surface area is 127 Å². The molecule has 112 valence electrons. The van der Waals surface area contributed by atoms with Gasteiger partial charge in [-0.05, 0) is 35.9 Å². The maximum absolute atomic E-state index is 12.2. The molecule has 0 saturated heterocycles. The highest BCUT2D eigenvalue weighted by atomic mass is 35.5. The molecule has 1 aromatic heterocycles. The van der Waals surface area contributed by atoms with Gasteiger partial charge in [0.05, 0.1) is 30.1 Å². The Kier molecular flexibility index (Phi) is 4.88. The zero-order chi connectivity index (χ0) is 15.4. The number of ether oxygens (including phenoxy) is 2. The number of aromatic nitrogens is 1. The van der Waals surface area contributed by atoms with E-state index in [1.54, 1.807) is 43.1 Å². The molecular formula is C15H17ClN2O3. The van der Waals surface area contributed by atoms with Gasteiger partial charge in [-0.2, -0.15) is 0 Å². The van der Waals surface area contributed by atoms with Crippen LogP contribution in [0.4, 0.5) is 5.69 Å². The summed E-state index contributed by atoms with van der Waals surface area (Å²) in [6.45, 7) is 0.833. The molecule has 2 aromatic rings. The topological polar surface area (TPSA) is 66.5 Å². The minimum absolute atomic E-state index is 0.203. The molecule has 0 atom stereocenters. The molecule has 0 aliphatic heterocycles. The number of hydrogen-bond donors (Lipinski definition) is 1. The summed E-state index contributed by atoms with van der Waals surface area (Å²) in [6.07, 6.45) is 0. The molecule has 0 aliphatic carbocycles. The van der Waals surface area contributed by atoms with Crippen LogP contribution < -0.4 is 16.0 Å². The van der Waals surface area contributed by atoms with Crippen LogP contribution in [0, 0.1) is 0 Å². The molecule has 0 bridgehead atoms. The monoisotopic (exact) mass is 308 g/mol. The summed E-state index contributed by atoms with van der Waals surface area (Å²) in [5.41, 5.74) is 7.20. The average Bonchev–Trinajstić information content (AvgIpc) is 2.48. The van der Waals surface area contributed by atoms with Crippen molar-refractivity contribution in [1.29, 1.82) is 0 Å². The Hall–Kier alpha value is -1.98. The van der Waals surface area contributed by atoms with Crippen LogP contribution in [-0.2, 0) is 11.3 Å². The van der Waals surface area contributed by atoms with E-state index in [4.69, 9.17) is 26.8 Å². The van der Waals surface area contributed by atoms with Crippen molar-refractivity contribution in [3.63, 3.8) is 0 Å². The van der Waals surface area contributed by atoms with E-state index in [0.29, 0.717) is 23.9 Å². The fourth-order valence-electron chi connectivity index (χ4n) is 2.08. The van der Waals surface area contributed by atoms with Crippen LogP contribution in [0.15, 0.2) is 35.1 Å². The summed E-state index contributed by atoms with van der Waals surface area (Å²) in [4.78, 5) is 12.2. The van der Waals surface area contributed by atoms with Crippen LogP contribution in [0.25, 0.3) is 11.3 Å². The van der Waals surface area contributed by atoms with Crippen molar-refractivity contribution in [1.82, 2.24) is 4.57 Å². The number of benzene rings is 1. The lowest BCUT2D eigenvalue weighted by Gasteiger charge is -2.14. The van der Waals surface area contributed by atoms with Gasteiger partial charge in [-0.25, -0.2) is 0 Å². The zero-order valence-corrected chi connectivity index (χ0v) is 12.7. The molecule has 0 aliphatic rings. The predicted molar refractivity (Wildman–Crippen MR) is 84.0 cm³/mol. The Balaban J connectivity index is 2.55. The fourth-order valence-corrected chi connectivity index (χ4v) is 2.34. The van der Waals surface area contributed by atoms with Gasteiger partial charge in [0, 0.05) is 13.7 Å². The number of rotatable bonds is 5. The van der Waals surface area contributed by atoms with E-state index in [-0.39, 0.29) is 11.2 Å². The summed E-state index contributed by atoms with van der Waals surface area (Å²) in [5.74, 6) is 0.585. The normalized spacial score (nSPS) is 10.6. The van der Waals surface area contributed by atoms with E-state index in [2.05, 4.69) is 0 Å². The van der Waals surface area contributed by atoms with E-state index in [1.807, 2.05) is 6.07 Å². The number of pyridine rings is 1. The lowest BCUT2D eigenvalue weighted by molar-refractivity contribution is 0.186. The molecule has 0 radical (unpaired) electrons. The van der Waals surface area contributed by atoms with Crippen LogP contribution in [0.2, 0.25) is 5.02 Å². The number of nitrogens with zero attached hydrogens (tertiary/aromatic N) is 1. The second-order valence-electron chi connectivity index (χ2n) is 4.47. The molecular weight excluding hydrogens is 292 g/mol. The fraction of sp³-hybridized carbons (Fsp3) is 0.267. The molecule has 1 aromatic carbocycles. The van der Waals surface area contributed by atoms with E-state index < -0.39 is 0 Å². The van der Waals surface area contributed by atoms with Crippen LogP contribution in [0.1, 0.15) is 0 Å². The van der Waals surface area contributed by atoms with Gasteiger partial charge in [0.25, 0.3) is 5.56 Å². The van der Waals surface area contributed by atoms with Gasteiger partial charge in [-0.1, -0.05) is 11.6 Å². The minimum atomic E-state index is -0.239. The Morgan fingerprint density at radius 2 is 2.00 bits per heavy atom. The first-order chi connectivity index (χ1) is 10.1. The van der Waals surface area contributed by atoms with Gasteiger partial charge < -0.3 is 19.8 Å². The Morgan fingerprint density at radius 1 is 1.24 bits per heavy atom. The number of nitrogens with two attached hydrogens (primary N) is 1. The van der Waals surface area contributed by atoms with Gasteiger partial charge in [-0.3, -0.25) is 4.79 Å². The Morgan fingerprint density at radius 3 is 2.62 bits per heavy atom. The number of hydrogen-bond acceptors (Lipinski definition) is 4. The van der Waals surface area contributed by atoms with Gasteiger partial charge in [0.2, 0.25) is 0 Å². The first-order valence-corrected chi connectivity index (χ1v) is 6.78. The number of anilines is 1. The molecule has 0 fully saturated rings. The van der Waals surface area contributed by atoms with Gasteiger partial charge >= 0.3 is 0 Å². The second kappa shape index (κ2) is 6.65. The van der Waals surface area contributed by atoms with Crippen LogP contribution in [0.5, 0.6) is 5.75 Å². The molecule has 1 heterocycles.